The van der Waals surface area contributed by atoms with Crippen LogP contribution >= 0.6 is 14.7 Å². The van der Waals surface area contributed by atoms with Crippen molar-refractivity contribution in [3.63, 3.8) is 0 Å². The van der Waals surface area contributed by atoms with Crippen molar-refractivity contribution >= 4 is 26.5 Å². The first kappa shape index (κ1) is 6.08. The summed E-state index contributed by atoms with van der Waals surface area (Å²) >= 11 is 4.90. The normalized spacial score (nSPS) is 11.8. The average molecular weight is 126 g/mol. The van der Waals surface area contributed by atoms with Crippen LogP contribution in [-0.2, 0) is 11.8 Å². The van der Waals surface area contributed by atoms with Gasteiger partial charge in [-0.05, 0) is 19.1 Å². The minimum Gasteiger partial charge on any atom is -0.102 e. The van der Waals surface area contributed by atoms with E-state index < -0.39 is 5.73 Å². The van der Waals surface area contributed by atoms with Crippen molar-refractivity contribution in [2.45, 2.75) is 0 Å². The summed E-state index contributed by atoms with van der Waals surface area (Å²) in [7, 11) is 2.64. The van der Waals surface area contributed by atoms with Gasteiger partial charge in [0.25, 0.3) is 0 Å². The minimum atomic E-state index is -0.889. The van der Waals surface area contributed by atoms with Gasteiger partial charge >= 0.3 is 0 Å². The summed E-state index contributed by atoms with van der Waals surface area (Å²) in [6.45, 7) is 4.15. The van der Waals surface area contributed by atoms with Crippen LogP contribution < -0.4 is 0 Å². The zero-order chi connectivity index (χ0) is 4.50. The number of hydrogen-bond acceptors (Lipinski definition) is 1. The van der Waals surface area contributed by atoms with Crippen LogP contribution in [0.25, 0.3) is 0 Å². The van der Waals surface area contributed by atoms with E-state index in [9.17, 15) is 0 Å². The van der Waals surface area contributed by atoms with Crippen molar-refractivity contribution in [3.8, 4) is 0 Å². The topological polar surface area (TPSA) is 0 Å². The van der Waals surface area contributed by atoms with E-state index in [1.54, 1.807) is 0 Å². The molecule has 0 aliphatic carbocycles. The lowest BCUT2D eigenvalue weighted by Crippen LogP contribution is -1.47. The third kappa shape index (κ3) is 41.3. The third-order valence-corrected chi connectivity index (χ3v) is 0. The Labute approximate surface area is 40.4 Å². The van der Waals surface area contributed by atoms with Crippen molar-refractivity contribution in [2.75, 3.05) is 13.3 Å². The molecule has 32 valence electrons. The Morgan fingerprint density at radius 2 is 1.60 bits per heavy atom. The Bertz CT molecular complexity index is 53.8. The summed E-state index contributed by atoms with van der Waals surface area (Å²) in [6.07, 6.45) is 0. The van der Waals surface area contributed by atoms with Crippen LogP contribution in [0.3, 0.4) is 0 Å². The van der Waals surface area contributed by atoms with Crippen LogP contribution in [0.4, 0.5) is 0 Å². The number of rotatable bonds is 0. The van der Waals surface area contributed by atoms with Crippen molar-refractivity contribution in [2.24, 2.45) is 0 Å². The molecule has 0 bridgehead atoms. The standard InChI is InChI=1S/C2H8P2S/c1-4(2,3)5/h3H2,1-2H3. The van der Waals surface area contributed by atoms with Crippen LogP contribution in [-0.4, -0.2) is 13.3 Å². The average Bonchev–Trinajstić information content (AvgIpc) is 0.722. The lowest BCUT2D eigenvalue weighted by Gasteiger charge is -1.92. The zero-order valence-corrected chi connectivity index (χ0v) is 6.30. The molecule has 0 aliphatic rings. The van der Waals surface area contributed by atoms with E-state index in [-0.39, 0.29) is 0 Å². The lowest BCUT2D eigenvalue weighted by atomic mass is 11.9. The molecule has 0 aromatic rings. The Kier molecular flexibility index (Phi) is 2.05. The summed E-state index contributed by atoms with van der Waals surface area (Å²) < 4.78 is 0. The predicted octanol–water partition coefficient (Wildman–Crippen LogP) is 1.52. The summed E-state index contributed by atoms with van der Waals surface area (Å²) in [5, 5.41) is 0. The van der Waals surface area contributed by atoms with Gasteiger partial charge in [0.2, 0.25) is 0 Å². The molecule has 5 heavy (non-hydrogen) atoms. The largest absolute Gasteiger partial charge is 0.102 e. The first-order valence-electron chi connectivity index (χ1n) is 1.34. The maximum Gasteiger partial charge on any atom is -0.0324 e. The first-order chi connectivity index (χ1) is 2.00. The maximum atomic E-state index is 4.90. The molecule has 0 saturated heterocycles. The van der Waals surface area contributed by atoms with Gasteiger partial charge in [-0.25, -0.2) is 0 Å². The van der Waals surface area contributed by atoms with E-state index in [1.807, 2.05) is 0 Å². The Morgan fingerprint density at radius 3 is 1.60 bits per heavy atom. The summed E-state index contributed by atoms with van der Waals surface area (Å²) in [5.41, 5.74) is -0.889. The molecule has 0 spiro atoms. The molecule has 0 amide bonds. The van der Waals surface area contributed by atoms with E-state index in [1.165, 1.54) is 0 Å². The second-order valence-corrected chi connectivity index (χ2v) is 12.1. The zero-order valence-electron chi connectivity index (χ0n) is 3.43. The van der Waals surface area contributed by atoms with Crippen LogP contribution in [0.2, 0.25) is 0 Å². The van der Waals surface area contributed by atoms with Gasteiger partial charge in [0.05, 0.1) is 0 Å². The van der Waals surface area contributed by atoms with Gasteiger partial charge in [0, 0.05) is 0 Å². The fourth-order valence-corrected chi connectivity index (χ4v) is 0. The Morgan fingerprint density at radius 1 is 1.60 bits per heavy atom. The van der Waals surface area contributed by atoms with Crippen molar-refractivity contribution < 1.29 is 0 Å². The summed E-state index contributed by atoms with van der Waals surface area (Å²) in [6, 6.07) is 0. The molecule has 3 heteroatoms. The van der Waals surface area contributed by atoms with Crippen LogP contribution in [0.1, 0.15) is 0 Å². The quantitative estimate of drug-likeness (QED) is 0.443. The highest BCUT2D eigenvalue weighted by molar-refractivity contribution is 8.42. The molecule has 0 nitrogen and oxygen atoms in total. The number of hydrogen-bond donors (Lipinski definition) is 0. The Hall–Kier alpha value is 1.08. The molecule has 0 aliphatic heterocycles. The molecule has 0 N–H and O–H groups in total. The molecule has 0 rings (SSSR count). The molecule has 0 aromatic carbocycles. The molecular weight excluding hydrogens is 118 g/mol. The van der Waals surface area contributed by atoms with Gasteiger partial charge in [0.1, 0.15) is 0 Å². The Balaban J connectivity index is 3.47. The minimum absolute atomic E-state index is 0.889. The van der Waals surface area contributed by atoms with Crippen molar-refractivity contribution in [1.29, 1.82) is 0 Å². The fraction of sp³-hybridized carbons (Fsp3) is 1.00. The van der Waals surface area contributed by atoms with Gasteiger partial charge in [-0.3, -0.25) is 0 Å². The van der Waals surface area contributed by atoms with Crippen LogP contribution in [0.5, 0.6) is 0 Å². The molecule has 1 atom stereocenters. The lowest BCUT2D eigenvalue weighted by molar-refractivity contribution is 2.29. The van der Waals surface area contributed by atoms with Crippen LogP contribution in [0, 0.1) is 0 Å². The van der Waals surface area contributed by atoms with Crippen molar-refractivity contribution in [3.05, 3.63) is 0 Å². The van der Waals surface area contributed by atoms with Crippen LogP contribution in [0.15, 0.2) is 0 Å². The van der Waals surface area contributed by atoms with E-state index in [0.717, 1.165) is 0 Å². The van der Waals surface area contributed by atoms with Gasteiger partial charge in [-0.2, -0.15) is 0 Å². The highest BCUT2D eigenvalue weighted by Crippen LogP contribution is 2.45. The van der Waals surface area contributed by atoms with Gasteiger partial charge < -0.3 is 0 Å². The molecular formula is C2H8P2S. The van der Waals surface area contributed by atoms with E-state index in [0.29, 0.717) is 0 Å². The van der Waals surface area contributed by atoms with Crippen molar-refractivity contribution in [1.82, 2.24) is 0 Å². The smallest absolute Gasteiger partial charge is 0.0324 e. The summed E-state index contributed by atoms with van der Waals surface area (Å²) in [4.78, 5) is 0. The molecule has 0 radical (unpaired) electrons. The SMILES string of the molecule is CP(C)(P)=S. The maximum absolute atomic E-state index is 4.90. The second-order valence-electron chi connectivity index (χ2n) is 1.43. The molecule has 1 unspecified atom stereocenters. The van der Waals surface area contributed by atoms with Gasteiger partial charge in [-0.15, -0.1) is 8.93 Å². The highest BCUT2D eigenvalue weighted by Gasteiger charge is 1.83. The monoisotopic (exact) mass is 126 g/mol. The predicted molar refractivity (Wildman–Crippen MR) is 35.8 cm³/mol. The van der Waals surface area contributed by atoms with E-state index in [2.05, 4.69) is 22.3 Å². The highest BCUT2D eigenvalue weighted by atomic mass is 32.6. The molecule has 0 heterocycles. The molecule has 0 aromatic heterocycles. The second kappa shape index (κ2) is 1.69. The molecule has 0 fully saturated rings. The summed E-state index contributed by atoms with van der Waals surface area (Å²) in [5.74, 6) is 0. The van der Waals surface area contributed by atoms with E-state index >= 15 is 0 Å². The third-order valence-electron chi connectivity index (χ3n) is 0. The van der Waals surface area contributed by atoms with Gasteiger partial charge in [-0.1, -0.05) is 11.8 Å². The van der Waals surface area contributed by atoms with E-state index in [4.69, 9.17) is 11.8 Å². The fourth-order valence-electron chi connectivity index (χ4n) is 0. The molecule has 0 saturated carbocycles. The van der Waals surface area contributed by atoms with Gasteiger partial charge in [0.15, 0.2) is 0 Å². The first-order valence-corrected chi connectivity index (χ1v) is 6.65.